The normalized spacial score (nSPS) is 15.1. The summed E-state index contributed by atoms with van der Waals surface area (Å²) in [5.41, 5.74) is 6.39. The molecule has 0 aliphatic heterocycles. The lowest BCUT2D eigenvalue weighted by molar-refractivity contribution is -0.141. The van der Waals surface area contributed by atoms with Crippen LogP contribution in [0, 0.1) is 6.92 Å². The smallest absolute Gasteiger partial charge is 0.323 e. The molecule has 0 aromatic carbocycles. The highest BCUT2D eigenvalue weighted by Crippen LogP contribution is 2.16. The molecule has 0 radical (unpaired) electrons. The van der Waals surface area contributed by atoms with Crippen molar-refractivity contribution >= 4 is 5.97 Å². The molecule has 6 nitrogen and oxygen atoms in total. The number of aliphatic hydroxyl groups is 1. The molecule has 0 bridgehead atoms. The number of aromatic nitrogens is 2. The SMILES string of the molecule is Cc1cc(C(O)C(N)C(=O)O)n(C)n1. The minimum Gasteiger partial charge on any atom is -0.480 e. The zero-order valence-electron chi connectivity index (χ0n) is 8.01. The number of carboxylic acids is 1. The summed E-state index contributed by atoms with van der Waals surface area (Å²) in [7, 11) is 1.63. The van der Waals surface area contributed by atoms with Crippen LogP contribution >= 0.6 is 0 Å². The second-order valence-corrected chi connectivity index (χ2v) is 3.14. The van der Waals surface area contributed by atoms with Gasteiger partial charge in [-0.15, -0.1) is 0 Å². The van der Waals surface area contributed by atoms with Gasteiger partial charge in [0.05, 0.1) is 11.4 Å². The Kier molecular flexibility index (Phi) is 2.87. The number of rotatable bonds is 3. The minimum absolute atomic E-state index is 0.400. The highest BCUT2D eigenvalue weighted by molar-refractivity contribution is 5.74. The number of carbonyl (C=O) groups is 1. The lowest BCUT2D eigenvalue weighted by Gasteiger charge is -2.14. The quantitative estimate of drug-likeness (QED) is 0.590. The summed E-state index contributed by atoms with van der Waals surface area (Å²) in [6.45, 7) is 1.75. The van der Waals surface area contributed by atoms with E-state index in [9.17, 15) is 9.90 Å². The average molecular weight is 199 g/mol. The average Bonchev–Trinajstić information content (AvgIpc) is 2.42. The van der Waals surface area contributed by atoms with Crippen molar-refractivity contribution in [2.24, 2.45) is 12.8 Å². The molecule has 1 heterocycles. The van der Waals surface area contributed by atoms with E-state index in [1.807, 2.05) is 0 Å². The van der Waals surface area contributed by atoms with Crippen molar-refractivity contribution in [2.75, 3.05) is 0 Å². The Morgan fingerprint density at radius 2 is 2.29 bits per heavy atom. The van der Waals surface area contributed by atoms with Crippen LogP contribution in [-0.2, 0) is 11.8 Å². The molecular weight excluding hydrogens is 186 g/mol. The summed E-state index contributed by atoms with van der Waals surface area (Å²) < 4.78 is 1.42. The van der Waals surface area contributed by atoms with Crippen molar-refractivity contribution in [2.45, 2.75) is 19.1 Å². The Bertz CT molecular complexity index is 348. The number of nitrogens with zero attached hydrogens (tertiary/aromatic N) is 2. The van der Waals surface area contributed by atoms with E-state index in [0.29, 0.717) is 11.4 Å². The van der Waals surface area contributed by atoms with Crippen LogP contribution in [0.1, 0.15) is 17.5 Å². The maximum Gasteiger partial charge on any atom is 0.323 e. The third-order valence-electron chi connectivity index (χ3n) is 1.97. The van der Waals surface area contributed by atoms with Crippen LogP contribution in [0.5, 0.6) is 0 Å². The molecule has 14 heavy (non-hydrogen) atoms. The summed E-state index contributed by atoms with van der Waals surface area (Å²) in [4.78, 5) is 10.5. The molecule has 78 valence electrons. The van der Waals surface area contributed by atoms with Gasteiger partial charge >= 0.3 is 5.97 Å². The van der Waals surface area contributed by atoms with Crippen molar-refractivity contribution in [1.82, 2.24) is 9.78 Å². The number of nitrogens with two attached hydrogens (primary N) is 1. The van der Waals surface area contributed by atoms with Gasteiger partial charge in [0, 0.05) is 7.05 Å². The monoisotopic (exact) mass is 199 g/mol. The van der Waals surface area contributed by atoms with E-state index in [4.69, 9.17) is 10.8 Å². The van der Waals surface area contributed by atoms with E-state index in [2.05, 4.69) is 5.10 Å². The van der Waals surface area contributed by atoms with Crippen LogP contribution in [0.3, 0.4) is 0 Å². The Labute approximate surface area is 81.0 Å². The fourth-order valence-electron chi connectivity index (χ4n) is 1.23. The molecule has 0 saturated carbocycles. The molecule has 2 atom stereocenters. The predicted octanol–water partition coefficient (Wildman–Crippen LogP) is -0.826. The van der Waals surface area contributed by atoms with Crippen molar-refractivity contribution < 1.29 is 15.0 Å². The highest BCUT2D eigenvalue weighted by Gasteiger charge is 2.26. The Morgan fingerprint density at radius 1 is 1.71 bits per heavy atom. The molecule has 6 heteroatoms. The van der Waals surface area contributed by atoms with Crippen LogP contribution in [0.25, 0.3) is 0 Å². The fourth-order valence-corrected chi connectivity index (χ4v) is 1.23. The molecule has 1 rings (SSSR count). The topological polar surface area (TPSA) is 101 Å². The van der Waals surface area contributed by atoms with Crippen LogP contribution in [0.4, 0.5) is 0 Å². The first-order valence-electron chi connectivity index (χ1n) is 4.10. The van der Waals surface area contributed by atoms with Gasteiger partial charge in [0.15, 0.2) is 0 Å². The summed E-state index contributed by atoms with van der Waals surface area (Å²) in [6.07, 6.45) is -1.24. The number of aliphatic carboxylic acids is 1. The van der Waals surface area contributed by atoms with E-state index in [-0.39, 0.29) is 0 Å². The third kappa shape index (κ3) is 1.91. The van der Waals surface area contributed by atoms with Gasteiger partial charge in [0.1, 0.15) is 12.1 Å². The molecule has 0 amide bonds. The second kappa shape index (κ2) is 3.77. The maximum absolute atomic E-state index is 10.5. The van der Waals surface area contributed by atoms with E-state index in [1.54, 1.807) is 20.0 Å². The number of carboxylic acid groups (broad SMARTS) is 1. The molecular formula is C8H13N3O3. The van der Waals surface area contributed by atoms with Gasteiger partial charge in [0.25, 0.3) is 0 Å². The van der Waals surface area contributed by atoms with Crippen LogP contribution in [0.15, 0.2) is 6.07 Å². The summed E-state index contributed by atoms with van der Waals surface area (Å²) in [5, 5.41) is 22.2. The van der Waals surface area contributed by atoms with Crippen molar-refractivity contribution in [3.8, 4) is 0 Å². The van der Waals surface area contributed by atoms with Crippen LogP contribution in [0.2, 0.25) is 0 Å². The van der Waals surface area contributed by atoms with Gasteiger partial charge in [-0.05, 0) is 13.0 Å². The fraction of sp³-hybridized carbons (Fsp3) is 0.500. The van der Waals surface area contributed by atoms with Gasteiger partial charge in [-0.25, -0.2) is 0 Å². The van der Waals surface area contributed by atoms with Gasteiger partial charge in [0.2, 0.25) is 0 Å². The Morgan fingerprint density at radius 3 is 2.64 bits per heavy atom. The molecule has 0 saturated heterocycles. The predicted molar refractivity (Wildman–Crippen MR) is 48.5 cm³/mol. The number of hydrogen-bond acceptors (Lipinski definition) is 4. The van der Waals surface area contributed by atoms with Crippen LogP contribution in [-0.4, -0.2) is 32.0 Å². The lowest BCUT2D eigenvalue weighted by atomic mass is 10.1. The Hall–Kier alpha value is -1.40. The van der Waals surface area contributed by atoms with E-state index in [1.165, 1.54) is 4.68 Å². The summed E-state index contributed by atoms with van der Waals surface area (Å²) in [6, 6.07) is 0.276. The molecule has 0 spiro atoms. The van der Waals surface area contributed by atoms with Crippen LogP contribution < -0.4 is 5.73 Å². The van der Waals surface area contributed by atoms with Crippen molar-refractivity contribution in [3.05, 3.63) is 17.5 Å². The minimum atomic E-state index is -1.33. The zero-order chi connectivity index (χ0) is 10.9. The first-order chi connectivity index (χ1) is 6.43. The first-order valence-corrected chi connectivity index (χ1v) is 4.10. The van der Waals surface area contributed by atoms with E-state index in [0.717, 1.165) is 0 Å². The molecule has 4 N–H and O–H groups in total. The van der Waals surface area contributed by atoms with E-state index < -0.39 is 18.1 Å². The Balaban J connectivity index is 2.94. The molecule has 0 aliphatic carbocycles. The lowest BCUT2D eigenvalue weighted by Crippen LogP contribution is -2.37. The number of aliphatic hydroxyl groups excluding tert-OH is 1. The van der Waals surface area contributed by atoms with Gasteiger partial charge in [-0.2, -0.15) is 5.10 Å². The first kappa shape index (κ1) is 10.7. The molecule has 0 aliphatic rings. The van der Waals surface area contributed by atoms with E-state index >= 15 is 0 Å². The second-order valence-electron chi connectivity index (χ2n) is 3.14. The van der Waals surface area contributed by atoms with Gasteiger partial charge in [-0.3, -0.25) is 9.48 Å². The molecule has 1 aromatic heterocycles. The number of aryl methyl sites for hydroxylation is 2. The largest absolute Gasteiger partial charge is 0.480 e. The van der Waals surface area contributed by atoms with Crippen molar-refractivity contribution in [1.29, 1.82) is 0 Å². The molecule has 1 aromatic rings. The standard InChI is InChI=1S/C8H13N3O3/c1-4-3-5(11(2)10-4)7(12)6(9)8(13)14/h3,6-7,12H,9H2,1-2H3,(H,13,14). The van der Waals surface area contributed by atoms with Gasteiger partial charge < -0.3 is 15.9 Å². The molecule has 2 unspecified atom stereocenters. The third-order valence-corrected chi connectivity index (χ3v) is 1.97. The van der Waals surface area contributed by atoms with Crippen molar-refractivity contribution in [3.63, 3.8) is 0 Å². The summed E-state index contributed by atoms with van der Waals surface area (Å²) >= 11 is 0. The highest BCUT2D eigenvalue weighted by atomic mass is 16.4. The maximum atomic E-state index is 10.5. The molecule has 0 fully saturated rings. The summed E-state index contributed by atoms with van der Waals surface area (Å²) in [5.74, 6) is -1.24. The zero-order valence-corrected chi connectivity index (χ0v) is 8.01. The number of hydrogen-bond donors (Lipinski definition) is 3. The van der Waals surface area contributed by atoms with Gasteiger partial charge in [-0.1, -0.05) is 0 Å².